The Balaban J connectivity index is 1.64. The van der Waals surface area contributed by atoms with Gasteiger partial charge >= 0.3 is 4.87 Å². The molecule has 1 saturated carbocycles. The van der Waals surface area contributed by atoms with Crippen LogP contribution in [0, 0.1) is 5.92 Å². The maximum Gasteiger partial charge on any atom is 0.304 e. The molecule has 2 N–H and O–H groups in total. The zero-order valence-electron chi connectivity index (χ0n) is 7.51. The highest BCUT2D eigenvalue weighted by Gasteiger charge is 2.19. The summed E-state index contributed by atoms with van der Waals surface area (Å²) in [5, 5.41) is 5.20. The van der Waals surface area contributed by atoms with Crippen LogP contribution >= 0.6 is 11.3 Å². The molecule has 0 bridgehead atoms. The van der Waals surface area contributed by atoms with E-state index in [1.165, 1.54) is 30.6 Å². The lowest BCUT2D eigenvalue weighted by Crippen LogP contribution is -2.16. The van der Waals surface area contributed by atoms with Crippen LogP contribution in [0.1, 0.15) is 25.0 Å². The first-order valence-electron chi connectivity index (χ1n) is 4.72. The number of rotatable bonds is 5. The van der Waals surface area contributed by atoms with E-state index in [0.29, 0.717) is 0 Å². The number of aromatic nitrogens is 1. The number of nitrogens with one attached hydrogen (secondary N) is 2. The first-order valence-corrected chi connectivity index (χ1v) is 5.60. The molecule has 0 saturated heterocycles. The molecular formula is C9H14N2OS. The molecule has 0 amide bonds. The molecule has 72 valence electrons. The molecule has 4 heteroatoms. The van der Waals surface area contributed by atoms with Gasteiger partial charge in [-0.3, -0.25) is 4.79 Å². The second-order valence-electron chi connectivity index (χ2n) is 3.58. The summed E-state index contributed by atoms with van der Waals surface area (Å²) in [6.07, 6.45) is 4.11. The third kappa shape index (κ3) is 2.97. The van der Waals surface area contributed by atoms with E-state index in [-0.39, 0.29) is 4.87 Å². The average molecular weight is 198 g/mol. The molecule has 1 aliphatic carbocycles. The van der Waals surface area contributed by atoms with Crippen molar-refractivity contribution >= 4 is 11.3 Å². The Labute approximate surface area is 81.2 Å². The van der Waals surface area contributed by atoms with Gasteiger partial charge in [-0.1, -0.05) is 24.2 Å². The maximum absolute atomic E-state index is 10.8. The molecule has 0 atom stereocenters. The van der Waals surface area contributed by atoms with Crippen LogP contribution in [0.5, 0.6) is 0 Å². The fraction of sp³-hybridized carbons (Fsp3) is 0.667. The summed E-state index contributed by atoms with van der Waals surface area (Å²) in [6.45, 7) is 1.87. The summed E-state index contributed by atoms with van der Waals surface area (Å²) in [6, 6.07) is 0. The quantitative estimate of drug-likeness (QED) is 0.701. The minimum Gasteiger partial charge on any atom is -0.315 e. The molecule has 1 aromatic heterocycles. The SMILES string of the molecule is O=c1[nH]c(CNCCC2CC2)cs1. The molecule has 0 aliphatic heterocycles. The van der Waals surface area contributed by atoms with Gasteiger partial charge in [0, 0.05) is 17.6 Å². The second kappa shape index (κ2) is 4.07. The Bertz CT molecular complexity index is 313. The van der Waals surface area contributed by atoms with E-state index in [0.717, 1.165) is 24.7 Å². The van der Waals surface area contributed by atoms with Crippen molar-refractivity contribution in [2.75, 3.05) is 6.54 Å². The van der Waals surface area contributed by atoms with Crippen LogP contribution in [0.2, 0.25) is 0 Å². The predicted molar refractivity (Wildman–Crippen MR) is 54.0 cm³/mol. The van der Waals surface area contributed by atoms with Gasteiger partial charge in [0.1, 0.15) is 0 Å². The topological polar surface area (TPSA) is 44.9 Å². The lowest BCUT2D eigenvalue weighted by Gasteiger charge is -2.00. The van der Waals surface area contributed by atoms with Crippen LogP contribution in [0.4, 0.5) is 0 Å². The van der Waals surface area contributed by atoms with E-state index in [1.54, 1.807) is 0 Å². The Kier molecular flexibility index (Phi) is 2.80. The van der Waals surface area contributed by atoms with Gasteiger partial charge in [-0.05, 0) is 18.9 Å². The molecule has 0 unspecified atom stereocenters. The van der Waals surface area contributed by atoms with Crippen molar-refractivity contribution in [3.63, 3.8) is 0 Å². The van der Waals surface area contributed by atoms with Gasteiger partial charge in [-0.15, -0.1) is 0 Å². The van der Waals surface area contributed by atoms with Crippen LogP contribution < -0.4 is 10.2 Å². The third-order valence-electron chi connectivity index (χ3n) is 2.31. The van der Waals surface area contributed by atoms with Crippen LogP contribution in [0.3, 0.4) is 0 Å². The Hall–Kier alpha value is -0.610. The Morgan fingerprint density at radius 1 is 1.62 bits per heavy atom. The largest absolute Gasteiger partial charge is 0.315 e. The molecule has 0 spiro atoms. The fourth-order valence-electron chi connectivity index (χ4n) is 1.34. The summed E-state index contributed by atoms with van der Waals surface area (Å²) >= 11 is 1.23. The van der Waals surface area contributed by atoms with Crippen LogP contribution in [0.25, 0.3) is 0 Å². The molecule has 1 heterocycles. The minimum atomic E-state index is 0.0407. The number of thiazole rings is 1. The number of hydrogen-bond acceptors (Lipinski definition) is 3. The van der Waals surface area contributed by atoms with Gasteiger partial charge in [0.2, 0.25) is 0 Å². The highest BCUT2D eigenvalue weighted by Crippen LogP contribution is 2.31. The number of hydrogen-bond donors (Lipinski definition) is 2. The summed E-state index contributed by atoms with van der Waals surface area (Å²) < 4.78 is 0. The van der Waals surface area contributed by atoms with Crippen LogP contribution in [-0.4, -0.2) is 11.5 Å². The van der Waals surface area contributed by atoms with Gasteiger partial charge in [0.25, 0.3) is 0 Å². The van der Waals surface area contributed by atoms with E-state index >= 15 is 0 Å². The van der Waals surface area contributed by atoms with E-state index in [2.05, 4.69) is 10.3 Å². The highest BCUT2D eigenvalue weighted by atomic mass is 32.1. The van der Waals surface area contributed by atoms with Crippen LogP contribution in [0.15, 0.2) is 10.2 Å². The lowest BCUT2D eigenvalue weighted by atomic mass is 10.3. The molecular weight excluding hydrogens is 184 g/mol. The molecule has 1 aliphatic rings. The minimum absolute atomic E-state index is 0.0407. The third-order valence-corrected chi connectivity index (χ3v) is 3.03. The normalized spacial score (nSPS) is 16.3. The van der Waals surface area contributed by atoms with Gasteiger partial charge in [-0.25, -0.2) is 0 Å². The maximum atomic E-state index is 10.8. The average Bonchev–Trinajstić information content (AvgIpc) is 2.84. The van der Waals surface area contributed by atoms with Crippen molar-refractivity contribution in [1.82, 2.24) is 10.3 Å². The molecule has 2 rings (SSSR count). The first kappa shape index (κ1) is 8.97. The van der Waals surface area contributed by atoms with Gasteiger partial charge in [0.15, 0.2) is 0 Å². The second-order valence-corrected chi connectivity index (χ2v) is 4.42. The highest BCUT2D eigenvalue weighted by molar-refractivity contribution is 7.07. The Morgan fingerprint density at radius 3 is 3.08 bits per heavy atom. The molecule has 3 nitrogen and oxygen atoms in total. The van der Waals surface area contributed by atoms with Crippen LogP contribution in [-0.2, 0) is 6.54 Å². The van der Waals surface area contributed by atoms with Crippen molar-refractivity contribution in [1.29, 1.82) is 0 Å². The molecule has 1 fully saturated rings. The van der Waals surface area contributed by atoms with Gasteiger partial charge in [-0.2, -0.15) is 0 Å². The monoisotopic (exact) mass is 198 g/mol. The lowest BCUT2D eigenvalue weighted by molar-refractivity contribution is 0.607. The molecule has 13 heavy (non-hydrogen) atoms. The number of aromatic amines is 1. The van der Waals surface area contributed by atoms with Gasteiger partial charge in [0.05, 0.1) is 0 Å². The van der Waals surface area contributed by atoms with Crippen molar-refractivity contribution in [2.45, 2.75) is 25.8 Å². The summed E-state index contributed by atoms with van der Waals surface area (Å²) in [5.41, 5.74) is 1.01. The standard InChI is InChI=1S/C9H14N2OS/c12-9-11-8(6-13-9)5-10-4-3-7-1-2-7/h6-7,10H,1-5H2,(H,11,12). The summed E-state index contributed by atoms with van der Waals surface area (Å²) in [4.78, 5) is 13.6. The first-order chi connectivity index (χ1) is 6.34. The fourth-order valence-corrected chi connectivity index (χ4v) is 1.92. The summed E-state index contributed by atoms with van der Waals surface area (Å²) in [7, 11) is 0. The van der Waals surface area contributed by atoms with Gasteiger partial charge < -0.3 is 10.3 Å². The van der Waals surface area contributed by atoms with E-state index < -0.39 is 0 Å². The zero-order valence-corrected chi connectivity index (χ0v) is 8.32. The van der Waals surface area contributed by atoms with E-state index in [1.807, 2.05) is 5.38 Å². The van der Waals surface area contributed by atoms with E-state index in [4.69, 9.17) is 0 Å². The van der Waals surface area contributed by atoms with E-state index in [9.17, 15) is 4.79 Å². The smallest absolute Gasteiger partial charge is 0.304 e. The predicted octanol–water partition coefficient (Wildman–Crippen LogP) is 1.33. The summed E-state index contributed by atoms with van der Waals surface area (Å²) in [5.74, 6) is 0.981. The molecule has 1 aromatic rings. The van der Waals surface area contributed by atoms with Crippen molar-refractivity contribution < 1.29 is 0 Å². The van der Waals surface area contributed by atoms with Crippen molar-refractivity contribution in [3.8, 4) is 0 Å². The zero-order chi connectivity index (χ0) is 9.10. The molecule has 0 aromatic carbocycles. The number of H-pyrrole nitrogens is 1. The Morgan fingerprint density at radius 2 is 2.46 bits per heavy atom. The molecule has 0 radical (unpaired) electrons. The van der Waals surface area contributed by atoms with Crippen molar-refractivity contribution in [3.05, 3.63) is 20.7 Å². The van der Waals surface area contributed by atoms with Crippen molar-refractivity contribution in [2.24, 2.45) is 5.92 Å².